The van der Waals surface area contributed by atoms with Crippen LogP contribution in [0.3, 0.4) is 0 Å². The van der Waals surface area contributed by atoms with Gasteiger partial charge in [-0.15, -0.1) is 0 Å². The van der Waals surface area contributed by atoms with Gasteiger partial charge in [0.25, 0.3) is 0 Å². The van der Waals surface area contributed by atoms with Crippen LogP contribution in [-0.4, -0.2) is 142 Å². The van der Waals surface area contributed by atoms with Gasteiger partial charge in [-0.1, -0.05) is 12.5 Å². The van der Waals surface area contributed by atoms with Gasteiger partial charge in [-0.2, -0.15) is 0 Å². The zero-order valence-corrected chi connectivity index (χ0v) is 27.2. The third-order valence-corrected chi connectivity index (χ3v) is 9.04. The number of methoxy groups -OCH3 is 1. The van der Waals surface area contributed by atoms with Crippen LogP contribution in [0.2, 0.25) is 0 Å². The van der Waals surface area contributed by atoms with E-state index in [0.29, 0.717) is 56.6 Å². The van der Waals surface area contributed by atoms with Gasteiger partial charge in [0.15, 0.2) is 0 Å². The smallest absolute Gasteiger partial charge is 0.227 e. The van der Waals surface area contributed by atoms with E-state index in [-0.39, 0.29) is 18.9 Å². The number of halogens is 1. The molecule has 2 saturated heterocycles. The highest BCUT2D eigenvalue weighted by molar-refractivity contribution is 5.79. The molecule has 2 aliphatic heterocycles. The summed E-state index contributed by atoms with van der Waals surface area (Å²) < 4.78 is 25.8. The van der Waals surface area contributed by atoms with Crippen LogP contribution >= 0.6 is 0 Å². The predicted octanol–water partition coefficient (Wildman–Crippen LogP) is 0.350. The van der Waals surface area contributed by atoms with Crippen molar-refractivity contribution in [1.29, 1.82) is 0 Å². The molecule has 1 aromatic carbocycles. The second-order valence-electron chi connectivity index (χ2n) is 12.5. The van der Waals surface area contributed by atoms with Gasteiger partial charge in [-0.3, -0.25) is 9.69 Å². The van der Waals surface area contributed by atoms with Crippen molar-refractivity contribution < 1.29 is 44.2 Å². The maximum atomic E-state index is 14.9. The largest absolute Gasteiger partial charge is 0.493 e. The Labute approximate surface area is 275 Å². The summed E-state index contributed by atoms with van der Waals surface area (Å²) in [6, 6.07) is 4.61. The van der Waals surface area contributed by atoms with Gasteiger partial charge < -0.3 is 44.8 Å². The zero-order chi connectivity index (χ0) is 33.8. The number of hydrogen-bond acceptors (Lipinski definition) is 12. The fraction of sp³-hybridized carbons (Fsp3) is 0.667. The Morgan fingerprint density at radius 3 is 2.30 bits per heavy atom. The van der Waals surface area contributed by atoms with Crippen LogP contribution < -0.4 is 9.64 Å². The molecule has 13 nitrogen and oxygen atoms in total. The quantitative estimate of drug-likeness (QED) is 0.147. The van der Waals surface area contributed by atoms with E-state index in [2.05, 4.69) is 14.9 Å². The number of aliphatic hydroxyl groups excluding tert-OH is 5. The monoisotopic (exact) mass is 663 g/mol. The van der Waals surface area contributed by atoms with Crippen molar-refractivity contribution in [3.05, 3.63) is 47.5 Å². The number of unbranched alkanes of at least 4 members (excludes halogenated alkanes) is 1. The van der Waals surface area contributed by atoms with E-state index in [9.17, 15) is 29.6 Å². The van der Waals surface area contributed by atoms with Gasteiger partial charge in [0, 0.05) is 76.9 Å². The molecule has 0 unspecified atom stereocenters. The molecule has 262 valence electrons. The summed E-state index contributed by atoms with van der Waals surface area (Å²) in [7, 11) is 1.65. The summed E-state index contributed by atoms with van der Waals surface area (Å²) in [5.74, 6) is 1.17. The Hall–Kier alpha value is -2.98. The number of ether oxygens (including phenoxy) is 2. The molecule has 14 heteroatoms. The minimum atomic E-state index is -1.68. The van der Waals surface area contributed by atoms with Gasteiger partial charge in [-0.05, 0) is 43.2 Å². The van der Waals surface area contributed by atoms with Crippen molar-refractivity contribution in [2.75, 3.05) is 71.0 Å². The number of piperazine rings is 1. The second-order valence-corrected chi connectivity index (χ2v) is 12.5. The molecule has 4 atom stereocenters. The van der Waals surface area contributed by atoms with E-state index >= 15 is 0 Å². The first-order valence-corrected chi connectivity index (χ1v) is 16.5. The van der Waals surface area contributed by atoms with E-state index in [1.165, 1.54) is 6.07 Å². The van der Waals surface area contributed by atoms with Crippen molar-refractivity contribution in [3.63, 3.8) is 0 Å². The van der Waals surface area contributed by atoms with Crippen LogP contribution in [0.5, 0.6) is 5.75 Å². The summed E-state index contributed by atoms with van der Waals surface area (Å²) in [6.07, 6.45) is 2.55. The molecule has 2 fully saturated rings. The van der Waals surface area contributed by atoms with Gasteiger partial charge in [-0.25, -0.2) is 14.4 Å². The highest BCUT2D eigenvalue weighted by atomic mass is 19.1. The van der Waals surface area contributed by atoms with Crippen molar-refractivity contribution in [2.24, 2.45) is 5.92 Å². The van der Waals surface area contributed by atoms with Crippen LogP contribution in [0.15, 0.2) is 30.6 Å². The average Bonchev–Trinajstić information content (AvgIpc) is 3.09. The maximum absolute atomic E-state index is 14.9. The van der Waals surface area contributed by atoms with E-state index in [4.69, 9.17) is 14.6 Å². The Bertz CT molecular complexity index is 1230. The number of carbonyl (C=O) groups is 1. The molecule has 0 aliphatic carbocycles. The lowest BCUT2D eigenvalue weighted by Gasteiger charge is -2.37. The van der Waals surface area contributed by atoms with Gasteiger partial charge >= 0.3 is 0 Å². The molecule has 1 aromatic heterocycles. The predicted molar refractivity (Wildman–Crippen MR) is 171 cm³/mol. The number of amides is 1. The van der Waals surface area contributed by atoms with Gasteiger partial charge in [0.2, 0.25) is 11.9 Å². The number of rotatable bonds is 17. The summed E-state index contributed by atoms with van der Waals surface area (Å²) in [4.78, 5) is 27.5. The Balaban J connectivity index is 1.10. The maximum Gasteiger partial charge on any atom is 0.227 e. The van der Waals surface area contributed by atoms with Crippen LogP contribution in [0.25, 0.3) is 0 Å². The molecule has 1 amide bonds. The zero-order valence-electron chi connectivity index (χ0n) is 27.2. The van der Waals surface area contributed by atoms with E-state index in [1.54, 1.807) is 24.1 Å². The molecule has 0 saturated carbocycles. The molecule has 5 N–H and O–H groups in total. The van der Waals surface area contributed by atoms with Crippen molar-refractivity contribution in [1.82, 2.24) is 19.8 Å². The van der Waals surface area contributed by atoms with Crippen molar-refractivity contribution in [2.45, 2.75) is 69.5 Å². The first-order chi connectivity index (χ1) is 22.7. The molecule has 47 heavy (non-hydrogen) atoms. The number of nitrogens with zero attached hydrogens (tertiary/aromatic N) is 5. The van der Waals surface area contributed by atoms with Crippen LogP contribution in [-0.2, 0) is 22.6 Å². The number of benzene rings is 1. The molecule has 0 bridgehead atoms. The SMILES string of the molecule is COCc1cnc(N2CCC(CCCCOc3ccc(CC(=O)N4CCN(C[C@H](O)[C@@H](O)[C@H](O)[C@H](O)CO)CC4)c(F)c3)CC2)nc1. The fourth-order valence-electron chi connectivity index (χ4n) is 6.05. The molecule has 0 spiro atoms. The van der Waals surface area contributed by atoms with Crippen molar-refractivity contribution >= 4 is 11.9 Å². The van der Waals surface area contributed by atoms with E-state index in [0.717, 1.165) is 56.7 Å². The number of β-amino-alcohol motifs (C(OH)–C–C–N with tert-alkyl or cyclic N) is 1. The number of anilines is 1. The molecular formula is C33H50FN5O8. The third-order valence-electron chi connectivity index (χ3n) is 9.04. The highest BCUT2D eigenvalue weighted by Crippen LogP contribution is 2.25. The van der Waals surface area contributed by atoms with E-state index in [1.807, 2.05) is 17.3 Å². The first kappa shape index (κ1) is 36.8. The average molecular weight is 664 g/mol. The molecule has 3 heterocycles. The number of carbonyl (C=O) groups excluding carboxylic acids is 1. The topological polar surface area (TPSA) is 172 Å². The molecule has 2 aliphatic rings. The minimum Gasteiger partial charge on any atom is -0.493 e. The molecule has 2 aromatic rings. The highest BCUT2D eigenvalue weighted by Gasteiger charge is 2.32. The second kappa shape index (κ2) is 18.5. The lowest BCUT2D eigenvalue weighted by Crippen LogP contribution is -2.54. The van der Waals surface area contributed by atoms with Crippen LogP contribution in [0.1, 0.15) is 43.2 Å². The standard InChI is InChI=1S/C33H50FN5O8/c1-46-22-24-18-35-33(36-19-24)39-9-7-23(8-10-39)4-2-3-15-47-26-6-5-25(27(34)17-26)16-30(43)38-13-11-37(12-14-38)20-28(41)31(44)32(45)29(42)21-40/h5-6,17-19,23,28-29,31-32,40-42,44-45H,2-4,7-16,20-22H2,1H3/t28-,29+,31+,32+/m0/s1. The van der Waals surface area contributed by atoms with Crippen LogP contribution in [0, 0.1) is 11.7 Å². The van der Waals surface area contributed by atoms with Crippen molar-refractivity contribution in [3.8, 4) is 5.75 Å². The Kier molecular flexibility index (Phi) is 14.5. The number of aromatic nitrogens is 2. The summed E-state index contributed by atoms with van der Waals surface area (Å²) >= 11 is 0. The van der Waals surface area contributed by atoms with Crippen LogP contribution in [0.4, 0.5) is 10.3 Å². The lowest BCUT2D eigenvalue weighted by atomic mass is 9.92. The summed E-state index contributed by atoms with van der Waals surface area (Å²) in [6.45, 7) is 3.73. The summed E-state index contributed by atoms with van der Waals surface area (Å²) in [5.41, 5.74) is 1.25. The van der Waals surface area contributed by atoms with E-state index < -0.39 is 36.8 Å². The normalized spacial score (nSPS) is 19.0. The number of hydrogen-bond donors (Lipinski definition) is 5. The molecule has 0 radical (unpaired) electrons. The lowest BCUT2D eigenvalue weighted by molar-refractivity contribution is -0.134. The summed E-state index contributed by atoms with van der Waals surface area (Å²) in [5, 5.41) is 48.5. The minimum absolute atomic E-state index is 0.0231. The molecular weight excluding hydrogens is 613 g/mol. The number of piperidine rings is 1. The van der Waals surface area contributed by atoms with Gasteiger partial charge in [0.1, 0.15) is 29.9 Å². The van der Waals surface area contributed by atoms with Gasteiger partial charge in [0.05, 0.1) is 32.3 Å². The fourth-order valence-corrected chi connectivity index (χ4v) is 6.05. The first-order valence-electron chi connectivity index (χ1n) is 16.5. The molecule has 4 rings (SSSR count). The third kappa shape index (κ3) is 11.0. The Morgan fingerprint density at radius 1 is 0.979 bits per heavy atom. The number of aliphatic hydroxyl groups is 5. The Morgan fingerprint density at radius 2 is 1.66 bits per heavy atom.